The van der Waals surface area contributed by atoms with E-state index in [-0.39, 0.29) is 24.5 Å². The SMILES string of the molecule is COc1ccc([N+](=O)[O-])c(C(O)C(O)CCNC(=O)OC(C)(C)C)n1. The normalized spacial score (nSPS) is 13.7. The van der Waals surface area contributed by atoms with Crippen molar-refractivity contribution in [2.75, 3.05) is 13.7 Å². The fraction of sp³-hybridized carbons (Fsp3) is 0.600. The Hall–Kier alpha value is -2.46. The van der Waals surface area contributed by atoms with Gasteiger partial charge in [0.15, 0.2) is 5.69 Å². The smallest absolute Gasteiger partial charge is 0.407 e. The Morgan fingerprint density at radius 1 is 1.40 bits per heavy atom. The molecule has 25 heavy (non-hydrogen) atoms. The van der Waals surface area contributed by atoms with Crippen molar-refractivity contribution in [3.8, 4) is 5.88 Å². The number of carbonyl (C=O) groups is 1. The third kappa shape index (κ3) is 6.51. The van der Waals surface area contributed by atoms with Crippen LogP contribution in [-0.2, 0) is 4.74 Å². The maximum Gasteiger partial charge on any atom is 0.407 e. The number of amides is 1. The second-order valence-electron chi connectivity index (χ2n) is 6.24. The summed E-state index contributed by atoms with van der Waals surface area (Å²) < 4.78 is 9.91. The molecule has 0 radical (unpaired) electrons. The van der Waals surface area contributed by atoms with Crippen molar-refractivity contribution in [3.05, 3.63) is 27.9 Å². The predicted molar refractivity (Wildman–Crippen MR) is 87.3 cm³/mol. The Morgan fingerprint density at radius 3 is 2.56 bits per heavy atom. The van der Waals surface area contributed by atoms with Gasteiger partial charge in [-0.25, -0.2) is 9.78 Å². The number of hydrogen-bond donors (Lipinski definition) is 3. The Balaban J connectivity index is 2.71. The number of rotatable bonds is 7. The molecule has 10 nitrogen and oxygen atoms in total. The molecule has 0 aliphatic carbocycles. The van der Waals surface area contributed by atoms with Crippen LogP contribution >= 0.6 is 0 Å². The molecule has 1 amide bonds. The molecule has 0 fully saturated rings. The van der Waals surface area contributed by atoms with E-state index in [0.717, 1.165) is 6.07 Å². The first-order chi connectivity index (χ1) is 11.5. The maximum atomic E-state index is 11.5. The first-order valence-corrected chi connectivity index (χ1v) is 7.57. The van der Waals surface area contributed by atoms with Crippen LogP contribution in [0.4, 0.5) is 10.5 Å². The summed E-state index contributed by atoms with van der Waals surface area (Å²) in [5, 5.41) is 33.7. The van der Waals surface area contributed by atoms with E-state index in [1.165, 1.54) is 13.2 Å². The minimum atomic E-state index is -1.61. The zero-order valence-corrected chi connectivity index (χ0v) is 14.6. The summed E-state index contributed by atoms with van der Waals surface area (Å²) in [4.78, 5) is 25.7. The molecule has 1 aromatic heterocycles. The summed E-state index contributed by atoms with van der Waals surface area (Å²) in [5.74, 6) is 0.0683. The van der Waals surface area contributed by atoms with Crippen LogP contribution in [0, 0.1) is 10.1 Å². The molecule has 0 saturated carbocycles. The van der Waals surface area contributed by atoms with Gasteiger partial charge < -0.3 is 25.0 Å². The van der Waals surface area contributed by atoms with Crippen molar-refractivity contribution in [1.82, 2.24) is 10.3 Å². The summed E-state index contributed by atoms with van der Waals surface area (Å²) in [5.41, 5.74) is -1.41. The summed E-state index contributed by atoms with van der Waals surface area (Å²) >= 11 is 0. The van der Waals surface area contributed by atoms with Gasteiger partial charge in [0.2, 0.25) is 5.88 Å². The molecule has 2 atom stereocenters. The maximum absolute atomic E-state index is 11.5. The van der Waals surface area contributed by atoms with E-state index in [1.807, 2.05) is 0 Å². The van der Waals surface area contributed by atoms with Gasteiger partial charge in [-0.15, -0.1) is 0 Å². The van der Waals surface area contributed by atoms with Gasteiger partial charge in [-0.3, -0.25) is 10.1 Å². The third-order valence-electron chi connectivity index (χ3n) is 3.04. The molecular weight excluding hydrogens is 334 g/mol. The Bertz CT molecular complexity index is 616. The Morgan fingerprint density at radius 2 is 2.04 bits per heavy atom. The largest absolute Gasteiger partial charge is 0.481 e. The van der Waals surface area contributed by atoms with Crippen LogP contribution in [0.5, 0.6) is 5.88 Å². The van der Waals surface area contributed by atoms with Gasteiger partial charge >= 0.3 is 6.09 Å². The standard InChI is InChI=1S/C15H23N3O7/c1-15(2,3)25-14(21)16-8-7-10(19)13(20)12-9(18(22)23)5-6-11(17-12)24-4/h5-6,10,13,19-20H,7-8H2,1-4H3,(H,16,21). The molecule has 0 saturated heterocycles. The molecule has 3 N–H and O–H groups in total. The van der Waals surface area contributed by atoms with Gasteiger partial charge in [-0.05, 0) is 27.2 Å². The van der Waals surface area contributed by atoms with Gasteiger partial charge in [0, 0.05) is 18.7 Å². The van der Waals surface area contributed by atoms with Gasteiger partial charge in [-0.1, -0.05) is 0 Å². The lowest BCUT2D eigenvalue weighted by atomic mass is 10.1. The lowest BCUT2D eigenvalue weighted by Gasteiger charge is -2.21. The molecule has 10 heteroatoms. The number of alkyl carbamates (subject to hydrolysis) is 1. The van der Waals surface area contributed by atoms with E-state index in [4.69, 9.17) is 9.47 Å². The Labute approximate surface area is 144 Å². The zero-order valence-electron chi connectivity index (χ0n) is 14.6. The number of aliphatic hydroxyl groups is 2. The molecule has 0 aliphatic rings. The van der Waals surface area contributed by atoms with Gasteiger partial charge in [0.1, 0.15) is 11.7 Å². The van der Waals surface area contributed by atoms with Crippen LogP contribution in [0.15, 0.2) is 12.1 Å². The van der Waals surface area contributed by atoms with Crippen LogP contribution in [0.25, 0.3) is 0 Å². The van der Waals surface area contributed by atoms with E-state index in [2.05, 4.69) is 10.3 Å². The fourth-order valence-corrected chi connectivity index (χ4v) is 1.91. The second-order valence-corrected chi connectivity index (χ2v) is 6.24. The number of methoxy groups -OCH3 is 1. The molecule has 1 aromatic rings. The number of nitro groups is 1. The molecule has 0 aromatic carbocycles. The molecule has 1 heterocycles. The van der Waals surface area contributed by atoms with Crippen LogP contribution in [0.2, 0.25) is 0 Å². The monoisotopic (exact) mass is 357 g/mol. The molecule has 0 spiro atoms. The molecule has 2 unspecified atom stereocenters. The van der Waals surface area contributed by atoms with Crippen molar-refractivity contribution in [2.24, 2.45) is 0 Å². The molecule has 0 aliphatic heterocycles. The van der Waals surface area contributed by atoms with Crippen molar-refractivity contribution in [3.63, 3.8) is 0 Å². The van der Waals surface area contributed by atoms with Crippen molar-refractivity contribution >= 4 is 11.8 Å². The van der Waals surface area contributed by atoms with Gasteiger partial charge in [0.05, 0.1) is 18.1 Å². The summed E-state index contributed by atoms with van der Waals surface area (Å²) in [6, 6.07) is 2.42. The highest BCUT2D eigenvalue weighted by atomic mass is 16.6. The first-order valence-electron chi connectivity index (χ1n) is 7.57. The number of nitrogens with one attached hydrogen (secondary N) is 1. The van der Waals surface area contributed by atoms with Crippen molar-refractivity contribution < 1.29 is 29.4 Å². The number of aromatic nitrogens is 1. The number of pyridine rings is 1. The average molecular weight is 357 g/mol. The first kappa shape index (κ1) is 20.6. The van der Waals surface area contributed by atoms with Crippen molar-refractivity contribution in [2.45, 2.75) is 45.0 Å². The zero-order chi connectivity index (χ0) is 19.2. The average Bonchev–Trinajstić information content (AvgIpc) is 2.51. The van der Waals surface area contributed by atoms with E-state index in [0.29, 0.717) is 0 Å². The highest BCUT2D eigenvalue weighted by molar-refractivity contribution is 5.67. The minimum Gasteiger partial charge on any atom is -0.481 e. The number of carbonyl (C=O) groups excluding carboxylic acids is 1. The van der Waals surface area contributed by atoms with Gasteiger partial charge in [-0.2, -0.15) is 0 Å². The highest BCUT2D eigenvalue weighted by Crippen LogP contribution is 2.28. The van der Waals surface area contributed by atoms with Crippen LogP contribution < -0.4 is 10.1 Å². The molecule has 140 valence electrons. The van der Waals surface area contributed by atoms with Crippen LogP contribution in [0.1, 0.15) is 39.0 Å². The van der Waals surface area contributed by atoms with Gasteiger partial charge in [0.25, 0.3) is 5.69 Å². The van der Waals surface area contributed by atoms with E-state index < -0.39 is 34.5 Å². The summed E-state index contributed by atoms with van der Waals surface area (Å²) in [6.45, 7) is 5.13. The van der Waals surface area contributed by atoms with E-state index >= 15 is 0 Å². The fourth-order valence-electron chi connectivity index (χ4n) is 1.91. The quantitative estimate of drug-likeness (QED) is 0.489. The summed E-state index contributed by atoms with van der Waals surface area (Å²) in [7, 11) is 1.32. The minimum absolute atomic E-state index is 0.00487. The number of nitrogens with zero attached hydrogens (tertiary/aromatic N) is 2. The molecular formula is C15H23N3O7. The predicted octanol–water partition coefficient (Wildman–Crippen LogP) is 1.31. The topological polar surface area (TPSA) is 144 Å². The number of ether oxygens (including phenoxy) is 2. The second kappa shape index (κ2) is 8.58. The van der Waals surface area contributed by atoms with Crippen molar-refractivity contribution in [1.29, 1.82) is 0 Å². The lowest BCUT2D eigenvalue weighted by molar-refractivity contribution is -0.386. The molecule has 0 bridgehead atoms. The van der Waals surface area contributed by atoms with Crippen LogP contribution in [0.3, 0.4) is 0 Å². The summed E-state index contributed by atoms with van der Waals surface area (Å²) in [6.07, 6.45) is -3.72. The number of aliphatic hydroxyl groups excluding tert-OH is 2. The number of hydrogen-bond acceptors (Lipinski definition) is 8. The molecule has 1 rings (SSSR count). The van der Waals surface area contributed by atoms with Crippen LogP contribution in [-0.4, -0.2) is 51.6 Å². The lowest BCUT2D eigenvalue weighted by Crippen LogP contribution is -2.34. The van der Waals surface area contributed by atoms with E-state index in [9.17, 15) is 25.1 Å². The Kier molecular flexibility index (Phi) is 7.07. The van der Waals surface area contributed by atoms with E-state index in [1.54, 1.807) is 20.8 Å². The third-order valence-corrected chi connectivity index (χ3v) is 3.04. The highest BCUT2D eigenvalue weighted by Gasteiger charge is 2.28.